The van der Waals surface area contributed by atoms with Crippen molar-refractivity contribution in [3.63, 3.8) is 0 Å². The molecule has 6 bridgehead atoms. The molecule has 4 heterocycles. The number of nitrogens with zero attached hydrogens (tertiary/aromatic N) is 2. The van der Waals surface area contributed by atoms with E-state index < -0.39 is 0 Å². The largest absolute Gasteiger partial charge is 0.454 e. The molecule has 0 spiro atoms. The second-order valence-electron chi connectivity index (χ2n) is 27.4. The topological polar surface area (TPSA) is 21.3 Å². The van der Waals surface area contributed by atoms with Gasteiger partial charge in [0.2, 0.25) is 0 Å². The van der Waals surface area contributed by atoms with Gasteiger partial charge in [-0.2, -0.15) is 0 Å². The molecule has 3 nitrogen and oxygen atoms in total. The number of hydrogen-bond acceptors (Lipinski definition) is 2. The van der Waals surface area contributed by atoms with E-state index in [-0.39, 0.29) is 23.1 Å². The van der Waals surface area contributed by atoms with Gasteiger partial charge in [-0.15, -0.1) is 0 Å². The summed E-state index contributed by atoms with van der Waals surface area (Å²) < 4.78 is 10.3. The molecule has 0 amide bonds. The van der Waals surface area contributed by atoms with Crippen LogP contribution in [-0.2, 0) is 16.2 Å². The van der Waals surface area contributed by atoms with Gasteiger partial charge < -0.3 is 13.8 Å². The van der Waals surface area contributed by atoms with Crippen LogP contribution in [0.2, 0.25) is 0 Å². The van der Waals surface area contributed by atoms with Gasteiger partial charge in [-0.3, -0.25) is 0 Å². The molecular weight excluding hydrogens is 956 g/mol. The lowest BCUT2D eigenvalue weighted by Crippen LogP contribution is -2.61. The summed E-state index contributed by atoms with van der Waals surface area (Å²) in [5, 5.41) is 7.73. The van der Waals surface area contributed by atoms with Crippen LogP contribution < -0.4 is 15.7 Å². The molecule has 79 heavy (non-hydrogen) atoms. The Labute approximate surface area is 463 Å². The van der Waals surface area contributed by atoms with Gasteiger partial charge in [-0.1, -0.05) is 143 Å². The smallest absolute Gasteiger partial charge is 0.333 e. The predicted octanol–water partition coefficient (Wildman–Crippen LogP) is 18.4. The average molecular weight is 1020 g/mol. The maximum absolute atomic E-state index is 7.54. The molecule has 9 aromatic carbocycles. The van der Waals surface area contributed by atoms with Crippen molar-refractivity contribution in [1.82, 2.24) is 4.57 Å². The van der Waals surface area contributed by atoms with Crippen LogP contribution in [0, 0.1) is 29.6 Å². The van der Waals surface area contributed by atoms with E-state index in [1.165, 1.54) is 193 Å². The molecule has 7 aliphatic carbocycles. The van der Waals surface area contributed by atoms with Gasteiger partial charge in [0.25, 0.3) is 0 Å². The third-order valence-corrected chi connectivity index (χ3v) is 23.0. The summed E-state index contributed by atoms with van der Waals surface area (Å²) in [5.74, 6) is 4.25. The Bertz CT molecular complexity index is 4450. The van der Waals surface area contributed by atoms with Gasteiger partial charge in [0.15, 0.2) is 5.58 Å². The quantitative estimate of drug-likeness (QED) is 0.160. The fourth-order valence-corrected chi connectivity index (χ4v) is 20.1. The predicted molar refractivity (Wildman–Crippen MR) is 329 cm³/mol. The lowest BCUT2D eigenvalue weighted by atomic mass is 9.42. The first-order chi connectivity index (χ1) is 38.7. The number of furan rings is 1. The van der Waals surface area contributed by atoms with E-state index in [1.54, 1.807) is 11.1 Å². The van der Waals surface area contributed by atoms with Crippen LogP contribution in [0.4, 0.5) is 11.4 Å². The minimum atomic E-state index is -0.254. The van der Waals surface area contributed by atoms with Crippen molar-refractivity contribution in [3.05, 3.63) is 186 Å². The number of benzene rings is 9. The summed E-state index contributed by atoms with van der Waals surface area (Å²) in [5.41, 5.74) is 25.4. The zero-order chi connectivity index (χ0) is 51.8. The SMILES string of the molecule is CCC1(c2ccc3c(c2)c2cc(C45CC6CC(CC(C6)C4)C5)cc4c2n3-c2cc3c(c5c2B4N(c2ccc(-c4ccccc4)cc2)c2c-5ccc4c2oc2cc5ccccc5cc24)C(C)(C)c2ccccc2-3)CC2CCC(C2)C1. The Balaban J connectivity index is 0.968. The summed E-state index contributed by atoms with van der Waals surface area (Å²) in [6.07, 6.45) is 16.5. The first-order valence-electron chi connectivity index (χ1n) is 30.5. The summed E-state index contributed by atoms with van der Waals surface area (Å²) in [6.45, 7) is 7.38. The van der Waals surface area contributed by atoms with E-state index in [1.807, 2.05) is 0 Å². The molecule has 6 fully saturated rings. The van der Waals surface area contributed by atoms with Gasteiger partial charge in [-0.05, 0) is 231 Å². The Morgan fingerprint density at radius 3 is 2.00 bits per heavy atom. The minimum Gasteiger partial charge on any atom is -0.454 e. The van der Waals surface area contributed by atoms with E-state index in [4.69, 9.17) is 4.42 Å². The molecule has 0 saturated heterocycles. The molecule has 4 heteroatoms. The average Bonchev–Trinajstić information content (AvgIpc) is 2.57. The van der Waals surface area contributed by atoms with Crippen LogP contribution in [0.5, 0.6) is 0 Å². The molecule has 20 rings (SSSR count). The van der Waals surface area contributed by atoms with Gasteiger partial charge in [-0.25, -0.2) is 0 Å². The molecule has 0 radical (unpaired) electrons. The molecular formula is C75H65BN2O. The van der Waals surface area contributed by atoms with Gasteiger partial charge in [0.05, 0.1) is 16.7 Å². The molecule has 2 unspecified atom stereocenters. The lowest BCUT2D eigenvalue weighted by molar-refractivity contribution is -0.00509. The highest BCUT2D eigenvalue weighted by Gasteiger charge is 2.54. The van der Waals surface area contributed by atoms with Crippen molar-refractivity contribution < 1.29 is 4.42 Å². The normalized spacial score (nSPS) is 26.2. The second kappa shape index (κ2) is 15.3. The maximum Gasteiger partial charge on any atom is 0.333 e. The summed E-state index contributed by atoms with van der Waals surface area (Å²) in [6, 6.07) is 64.5. The van der Waals surface area contributed by atoms with E-state index in [9.17, 15) is 0 Å². The van der Waals surface area contributed by atoms with E-state index in [0.717, 1.165) is 40.8 Å². The Morgan fingerprint density at radius 2 is 1.24 bits per heavy atom. The van der Waals surface area contributed by atoms with Crippen LogP contribution in [-0.4, -0.2) is 11.4 Å². The molecule has 11 aromatic rings. The molecule has 2 aromatic heterocycles. The van der Waals surface area contributed by atoms with Crippen molar-refractivity contribution in [2.75, 3.05) is 4.81 Å². The molecule has 384 valence electrons. The van der Waals surface area contributed by atoms with Crippen molar-refractivity contribution in [1.29, 1.82) is 0 Å². The number of rotatable bonds is 5. The molecule has 6 saturated carbocycles. The standard InChI is InChI=1S/C75H65BN2O/c1-4-74(38-43-18-19-44(28-43)39-74)52-22-27-64-58(34-52)61-35-53(75-40-45-29-46(41-75)31-47(30-45)42-75)36-63-70(61)77(64)65-37-60-55-16-10-11-17-62(55)73(2,3)68(60)67-57-26-25-56-59-32-50-14-8-9-15-51(50)33-66(59)79-72(56)71(57)78(76(63)69(65)67)54-23-20-49(21-24-54)48-12-6-5-7-13-48/h5-17,20-27,32-37,43-47H,4,18-19,28-31,38-42H2,1-3H3. The van der Waals surface area contributed by atoms with Gasteiger partial charge in [0.1, 0.15) is 5.58 Å². The second-order valence-corrected chi connectivity index (χ2v) is 27.4. The number of fused-ring (bicyclic) bond motifs is 18. The molecule has 0 N–H and O–H groups in total. The fraction of sp³-hybridized carbons (Fsp3) is 0.307. The summed E-state index contributed by atoms with van der Waals surface area (Å²) >= 11 is 0. The summed E-state index contributed by atoms with van der Waals surface area (Å²) in [4.78, 5) is 2.79. The minimum absolute atomic E-state index is 0.133. The first kappa shape index (κ1) is 44.5. The van der Waals surface area contributed by atoms with Crippen molar-refractivity contribution in [2.24, 2.45) is 29.6 Å². The highest BCUT2D eigenvalue weighted by Crippen LogP contribution is 2.63. The summed E-state index contributed by atoms with van der Waals surface area (Å²) in [7, 11) is 0. The van der Waals surface area contributed by atoms with Crippen LogP contribution in [0.1, 0.15) is 120 Å². The van der Waals surface area contributed by atoms with E-state index >= 15 is 0 Å². The van der Waals surface area contributed by atoms with Crippen molar-refractivity contribution in [2.45, 2.75) is 114 Å². The lowest BCUT2D eigenvalue weighted by Gasteiger charge is -2.57. The molecule has 2 atom stereocenters. The van der Waals surface area contributed by atoms with Crippen LogP contribution in [0.3, 0.4) is 0 Å². The van der Waals surface area contributed by atoms with Gasteiger partial charge >= 0.3 is 6.85 Å². The van der Waals surface area contributed by atoms with Crippen LogP contribution >= 0.6 is 0 Å². The third-order valence-electron chi connectivity index (χ3n) is 23.0. The zero-order valence-electron chi connectivity index (χ0n) is 45.8. The van der Waals surface area contributed by atoms with Crippen molar-refractivity contribution in [3.8, 4) is 39.1 Å². The van der Waals surface area contributed by atoms with Crippen LogP contribution in [0.25, 0.3) is 93.6 Å². The Kier molecular flexibility index (Phi) is 8.64. The Hall–Kier alpha value is -7.30. The van der Waals surface area contributed by atoms with Crippen LogP contribution in [0.15, 0.2) is 168 Å². The highest BCUT2D eigenvalue weighted by molar-refractivity contribution is 6.94. The highest BCUT2D eigenvalue weighted by atomic mass is 16.3. The van der Waals surface area contributed by atoms with Crippen molar-refractivity contribution >= 4 is 83.7 Å². The number of anilines is 2. The zero-order valence-corrected chi connectivity index (χ0v) is 45.8. The first-order valence-corrected chi connectivity index (χ1v) is 30.5. The fourth-order valence-electron chi connectivity index (χ4n) is 20.1. The maximum atomic E-state index is 7.54. The molecule has 9 aliphatic rings. The van der Waals surface area contributed by atoms with Gasteiger partial charge in [0, 0.05) is 43.9 Å². The van der Waals surface area contributed by atoms with E-state index in [0.29, 0.717) is 0 Å². The number of aromatic nitrogens is 1. The Morgan fingerprint density at radius 1 is 0.557 bits per heavy atom. The monoisotopic (exact) mass is 1020 g/mol. The molecule has 2 aliphatic heterocycles. The number of hydrogen-bond donors (Lipinski definition) is 0. The van der Waals surface area contributed by atoms with E-state index in [2.05, 4.69) is 194 Å². The third kappa shape index (κ3) is 5.81.